The van der Waals surface area contributed by atoms with Crippen LogP contribution < -0.4 is 15.5 Å². The number of aromatic nitrogens is 7. The zero-order chi connectivity index (χ0) is 33.5. The Morgan fingerprint density at radius 3 is 2.29 bits per heavy atom. The molecule has 248 valence electrons. The maximum absolute atomic E-state index is 15.5. The van der Waals surface area contributed by atoms with Crippen molar-refractivity contribution in [3.05, 3.63) is 70.1 Å². The predicted molar refractivity (Wildman–Crippen MR) is 169 cm³/mol. The van der Waals surface area contributed by atoms with Crippen LogP contribution in [0.5, 0.6) is 0 Å². The molecule has 3 aliphatic heterocycles. The molecule has 17 heteroatoms. The van der Waals surface area contributed by atoms with E-state index in [2.05, 4.69) is 30.7 Å². The van der Waals surface area contributed by atoms with Crippen LogP contribution in [0.1, 0.15) is 33.5 Å². The number of rotatable bonds is 6. The summed E-state index contributed by atoms with van der Waals surface area (Å²) in [5, 5.41) is 19.5. The van der Waals surface area contributed by atoms with Gasteiger partial charge in [-0.1, -0.05) is 23.3 Å². The summed E-state index contributed by atoms with van der Waals surface area (Å²) in [6, 6.07) is 11.0. The lowest BCUT2D eigenvalue weighted by atomic mass is 10.1. The van der Waals surface area contributed by atoms with Crippen molar-refractivity contribution in [3.8, 4) is 5.69 Å². The number of nitrogens with zero attached hydrogens (tertiary/aromatic N) is 10. The van der Waals surface area contributed by atoms with Crippen LogP contribution in [0.3, 0.4) is 0 Å². The van der Waals surface area contributed by atoms with Crippen LogP contribution >= 0.6 is 0 Å². The molecule has 3 aliphatic rings. The number of amides is 3. The van der Waals surface area contributed by atoms with Gasteiger partial charge in [0.2, 0.25) is 11.9 Å². The fourth-order valence-corrected chi connectivity index (χ4v) is 6.38. The lowest BCUT2D eigenvalue weighted by Crippen LogP contribution is -2.52. The summed E-state index contributed by atoms with van der Waals surface area (Å²) in [7, 11) is 1.68. The highest BCUT2D eigenvalue weighted by atomic mass is 19.1. The number of hydrogen-bond donors (Lipinski definition) is 2. The quantitative estimate of drug-likeness (QED) is 0.188. The number of Topliss-reactive ketones (excluding diaryl/α,β-unsaturated/α-hetero) is 1. The van der Waals surface area contributed by atoms with Gasteiger partial charge in [-0.15, -0.1) is 0 Å². The summed E-state index contributed by atoms with van der Waals surface area (Å²) in [5.74, 6) is -1.89. The van der Waals surface area contributed by atoms with E-state index >= 15 is 4.39 Å². The molecule has 0 spiro atoms. The number of para-hydroxylation sites is 1. The minimum Gasteiger partial charge on any atom is -0.364 e. The highest BCUT2D eigenvalue weighted by Crippen LogP contribution is 2.20. The Labute approximate surface area is 273 Å². The third kappa shape index (κ3) is 5.46. The van der Waals surface area contributed by atoms with Crippen LogP contribution in [-0.4, -0.2) is 144 Å². The van der Waals surface area contributed by atoms with Gasteiger partial charge >= 0.3 is 0 Å². The Hall–Kier alpha value is -5.87. The molecule has 0 saturated carbocycles. The van der Waals surface area contributed by atoms with Gasteiger partial charge in [0.25, 0.3) is 17.6 Å². The highest BCUT2D eigenvalue weighted by Gasteiger charge is 2.32. The number of fused-ring (bicyclic) bond motifs is 1. The average molecular weight is 657 g/mol. The van der Waals surface area contributed by atoms with Gasteiger partial charge in [-0.05, 0) is 28.6 Å². The van der Waals surface area contributed by atoms with E-state index in [1.54, 1.807) is 32.5 Å². The molecular formula is C31H33FN12O4. The van der Waals surface area contributed by atoms with E-state index in [-0.39, 0.29) is 53.3 Å². The lowest BCUT2D eigenvalue weighted by molar-refractivity contribution is -0.130. The van der Waals surface area contributed by atoms with Crippen molar-refractivity contribution in [1.29, 1.82) is 0 Å². The van der Waals surface area contributed by atoms with Crippen LogP contribution in [0, 0.1) is 0 Å². The molecule has 1 aromatic carbocycles. The van der Waals surface area contributed by atoms with Crippen molar-refractivity contribution in [2.45, 2.75) is 6.92 Å². The molecule has 2 fully saturated rings. The van der Waals surface area contributed by atoms with E-state index in [1.165, 1.54) is 18.0 Å². The van der Waals surface area contributed by atoms with Gasteiger partial charge in [0.1, 0.15) is 17.2 Å². The number of halogens is 1. The third-order valence-corrected chi connectivity index (χ3v) is 8.95. The van der Waals surface area contributed by atoms with Crippen LogP contribution in [0.15, 0.2) is 42.6 Å². The van der Waals surface area contributed by atoms with Crippen LogP contribution in [0.4, 0.5) is 10.3 Å². The van der Waals surface area contributed by atoms with Crippen molar-refractivity contribution in [2.75, 3.05) is 70.9 Å². The van der Waals surface area contributed by atoms with Crippen molar-refractivity contribution < 1.29 is 23.6 Å². The fraction of sp³-hybridized carbons (Fsp3) is 0.355. The summed E-state index contributed by atoms with van der Waals surface area (Å²) in [6.45, 7) is 4.32. The van der Waals surface area contributed by atoms with Gasteiger partial charge in [-0.3, -0.25) is 24.3 Å². The van der Waals surface area contributed by atoms with Gasteiger partial charge in [-0.25, -0.2) is 4.39 Å². The minimum atomic E-state index is -0.822. The number of carbonyl (C=O) groups excluding carboxylic acids is 4. The second-order valence-electron chi connectivity index (χ2n) is 11.9. The predicted octanol–water partition coefficient (Wildman–Crippen LogP) is -1.27. The van der Waals surface area contributed by atoms with E-state index in [1.807, 2.05) is 35.2 Å². The number of benzene rings is 1. The molecule has 0 bridgehead atoms. The molecule has 2 N–H and O–H groups in total. The Balaban J connectivity index is 1.09. The van der Waals surface area contributed by atoms with Gasteiger partial charge in [0.05, 0.1) is 28.8 Å². The molecular weight excluding hydrogens is 623 g/mol. The van der Waals surface area contributed by atoms with Crippen molar-refractivity contribution in [1.82, 2.24) is 55.0 Å². The average Bonchev–Trinajstić information content (AvgIpc) is 3.89. The molecule has 6 heterocycles. The molecule has 4 aromatic rings. The molecule has 0 unspecified atom stereocenters. The second kappa shape index (κ2) is 12.4. The van der Waals surface area contributed by atoms with E-state index in [4.69, 9.17) is 0 Å². The largest absolute Gasteiger partial charge is 0.364 e. The standard InChI is InChI=1S/C31H33FN12O4/c1-19(45)40-8-10-41(11-9-40)29(47)24-16-23(34-35-24)27-26-25(22(32)18-39(27)2)21(17-33-26)28(46)30(48)42-12-14-43(15-13-42)31-36-37-38-44(31)20-6-4-3-5-7-20/h3-7,16-17,33H,8-15,18H2,1-2H3,(H,34,35). The zero-order valence-electron chi connectivity index (χ0n) is 26.4. The highest BCUT2D eigenvalue weighted by molar-refractivity contribution is 6.42. The van der Waals surface area contributed by atoms with E-state index in [0.717, 1.165) is 5.69 Å². The summed E-state index contributed by atoms with van der Waals surface area (Å²) < 4.78 is 17.2. The first-order valence-corrected chi connectivity index (χ1v) is 15.6. The number of hydrogen-bond acceptors (Lipinski definition) is 10. The van der Waals surface area contributed by atoms with Gasteiger partial charge in [0, 0.05) is 77.7 Å². The first-order chi connectivity index (χ1) is 23.2. The topological polar surface area (TPSA) is 173 Å². The molecule has 3 amide bonds. The molecule has 16 nitrogen and oxygen atoms in total. The first kappa shape index (κ1) is 30.8. The molecule has 0 aliphatic carbocycles. The summed E-state index contributed by atoms with van der Waals surface area (Å²) >= 11 is 0. The molecule has 48 heavy (non-hydrogen) atoms. The Morgan fingerprint density at radius 2 is 1.58 bits per heavy atom. The van der Waals surface area contributed by atoms with E-state index < -0.39 is 17.5 Å². The monoisotopic (exact) mass is 656 g/mol. The Kier molecular flexibility index (Phi) is 7.94. The zero-order valence-corrected chi connectivity index (χ0v) is 26.4. The van der Waals surface area contributed by atoms with Gasteiger partial charge in [-0.2, -0.15) is 9.78 Å². The van der Waals surface area contributed by atoms with E-state index in [9.17, 15) is 19.2 Å². The number of aromatic amines is 2. The van der Waals surface area contributed by atoms with Gasteiger partial charge in [0.15, 0.2) is 0 Å². The van der Waals surface area contributed by atoms with Crippen molar-refractivity contribution in [2.24, 2.45) is 0 Å². The van der Waals surface area contributed by atoms with Crippen LogP contribution in [0.2, 0.25) is 0 Å². The Morgan fingerprint density at radius 1 is 0.896 bits per heavy atom. The summed E-state index contributed by atoms with van der Waals surface area (Å²) in [6.07, 6.45) is 1.35. The number of piperazine rings is 2. The number of tetrazole rings is 1. The number of anilines is 1. The fourth-order valence-electron chi connectivity index (χ4n) is 6.38. The van der Waals surface area contributed by atoms with Crippen LogP contribution in [-0.2, 0) is 9.59 Å². The summed E-state index contributed by atoms with van der Waals surface area (Å²) in [5.41, 5.74) is 1.82. The van der Waals surface area contributed by atoms with Crippen molar-refractivity contribution in [3.63, 3.8) is 0 Å². The number of H-pyrrole nitrogens is 2. The number of carbonyl (C=O) groups is 4. The Bertz CT molecular complexity index is 2020. The second-order valence-corrected chi connectivity index (χ2v) is 11.9. The van der Waals surface area contributed by atoms with Crippen molar-refractivity contribution >= 4 is 41.0 Å². The maximum atomic E-state index is 15.5. The molecule has 3 aromatic heterocycles. The maximum Gasteiger partial charge on any atom is 0.295 e. The third-order valence-electron chi connectivity index (χ3n) is 8.95. The number of nitrogens with one attached hydrogen (secondary N) is 2. The lowest BCUT2D eigenvalue weighted by Gasteiger charge is -2.34. The molecule has 7 rings (SSSR count). The molecule has 0 radical (unpaired) electrons. The first-order valence-electron chi connectivity index (χ1n) is 15.6. The molecule has 2 saturated heterocycles. The normalized spacial score (nSPS) is 16.8. The van der Waals surface area contributed by atoms with Gasteiger partial charge < -0.3 is 29.5 Å². The smallest absolute Gasteiger partial charge is 0.295 e. The van der Waals surface area contributed by atoms with E-state index in [0.29, 0.717) is 56.6 Å². The van der Waals surface area contributed by atoms with Crippen LogP contribution in [0.25, 0.3) is 17.2 Å². The SMILES string of the molecule is CC(=O)N1CCN(C(=O)c2cc(C3=c4[nH]cc(C(=O)C(=O)N5CCN(c6nnnn6-c6ccccc6)CC5)c4=C(F)CN3C)n[nH]2)CC1. The molecule has 0 atom stereocenters. The number of ketones is 1. The minimum absolute atomic E-state index is 0.0124. The summed E-state index contributed by atoms with van der Waals surface area (Å²) in [4.78, 5) is 63.2.